The summed E-state index contributed by atoms with van der Waals surface area (Å²) in [4.78, 5) is 6.58. The highest BCUT2D eigenvalue weighted by Crippen LogP contribution is 2.16. The summed E-state index contributed by atoms with van der Waals surface area (Å²) in [7, 11) is 0. The van der Waals surface area contributed by atoms with E-state index >= 15 is 0 Å². The molecule has 1 rings (SSSR count). The van der Waals surface area contributed by atoms with Crippen LogP contribution in [0.4, 0.5) is 0 Å². The lowest BCUT2D eigenvalue weighted by Gasteiger charge is -2.29. The summed E-state index contributed by atoms with van der Waals surface area (Å²) in [5.74, 6) is 0.960. The Kier molecular flexibility index (Phi) is 7.42. The van der Waals surface area contributed by atoms with Gasteiger partial charge < -0.3 is 10.6 Å². The molecule has 0 unspecified atom stereocenters. The smallest absolute Gasteiger partial charge is 0.146 e. The van der Waals surface area contributed by atoms with E-state index in [2.05, 4.69) is 23.1 Å². The Labute approximate surface area is 93.4 Å². The van der Waals surface area contributed by atoms with Gasteiger partial charge in [-0.05, 0) is 33.1 Å². The predicted molar refractivity (Wildman–Crippen MR) is 67.7 cm³/mol. The van der Waals surface area contributed by atoms with Gasteiger partial charge in [-0.1, -0.05) is 0 Å². The summed E-state index contributed by atoms with van der Waals surface area (Å²) in [5.41, 5.74) is 6.60. The van der Waals surface area contributed by atoms with Crippen LogP contribution >= 0.6 is 0 Å². The number of piperidine rings is 1. The van der Waals surface area contributed by atoms with E-state index in [1.165, 1.54) is 19.3 Å². The van der Waals surface area contributed by atoms with E-state index in [-0.39, 0.29) is 0 Å². The Morgan fingerprint density at radius 3 is 2.20 bits per heavy atom. The molecule has 0 amide bonds. The molecule has 3 heteroatoms. The van der Waals surface area contributed by atoms with Gasteiger partial charge in [0.15, 0.2) is 0 Å². The molecule has 0 aromatic carbocycles. The van der Waals surface area contributed by atoms with E-state index in [0.717, 1.165) is 24.6 Å². The number of allylic oxidation sites excluding steroid dienone is 1. The molecular formula is C12H23N3. The predicted octanol–water partition coefficient (Wildman–Crippen LogP) is 2.51. The number of likely N-dealkylation sites (tertiary alicyclic amines) is 1. The zero-order chi connectivity index (χ0) is 11.7. The minimum Gasteiger partial charge on any atom is -0.399 e. The molecule has 0 bridgehead atoms. The fourth-order valence-electron chi connectivity index (χ4n) is 1.66. The second-order valence-corrected chi connectivity index (χ2v) is 3.44. The number of nitrogens with two attached hydrogens (primary N) is 1. The second-order valence-electron chi connectivity index (χ2n) is 3.44. The van der Waals surface area contributed by atoms with Gasteiger partial charge in [-0.3, -0.25) is 0 Å². The molecule has 86 valence electrons. The first-order valence-corrected chi connectivity index (χ1v) is 5.45. The molecule has 0 aromatic heterocycles. The van der Waals surface area contributed by atoms with Crippen LogP contribution in [0.1, 0.15) is 33.1 Å². The van der Waals surface area contributed by atoms with Gasteiger partial charge in [-0.15, -0.1) is 13.2 Å². The standard InChI is InChI=1S/C10H19N3.C2H4/c1-3-12-10(9(2)11)13-7-5-4-6-8-13;1-2/h3H,4-8,11H2,1-2H3;1-2H2/b10-9-,12-3-;. The number of rotatable bonds is 2. The Morgan fingerprint density at radius 2 is 1.80 bits per heavy atom. The molecule has 0 spiro atoms. The molecule has 1 aliphatic rings. The highest BCUT2D eigenvalue weighted by atomic mass is 15.2. The monoisotopic (exact) mass is 209 g/mol. The summed E-state index contributed by atoms with van der Waals surface area (Å²) in [6, 6.07) is 0. The van der Waals surface area contributed by atoms with Crippen molar-refractivity contribution >= 4 is 6.21 Å². The third kappa shape index (κ3) is 4.68. The van der Waals surface area contributed by atoms with Crippen LogP contribution in [0.2, 0.25) is 0 Å². The van der Waals surface area contributed by atoms with Gasteiger partial charge in [0.1, 0.15) is 5.82 Å². The molecule has 1 saturated heterocycles. The molecule has 0 aromatic rings. The van der Waals surface area contributed by atoms with Gasteiger partial charge in [0, 0.05) is 25.0 Å². The molecule has 0 saturated carbocycles. The lowest BCUT2D eigenvalue weighted by molar-refractivity contribution is 0.280. The van der Waals surface area contributed by atoms with Gasteiger partial charge in [-0.2, -0.15) is 0 Å². The van der Waals surface area contributed by atoms with Crippen molar-refractivity contribution in [2.24, 2.45) is 10.7 Å². The zero-order valence-corrected chi connectivity index (χ0v) is 10.00. The fraction of sp³-hybridized carbons (Fsp3) is 0.583. The maximum absolute atomic E-state index is 5.78. The van der Waals surface area contributed by atoms with Gasteiger partial charge >= 0.3 is 0 Å². The van der Waals surface area contributed by atoms with Crippen LogP contribution in [0.5, 0.6) is 0 Å². The second kappa shape index (κ2) is 8.09. The Bertz CT molecular complexity index is 221. The molecule has 1 fully saturated rings. The average Bonchev–Trinajstić information content (AvgIpc) is 2.29. The lowest BCUT2D eigenvalue weighted by atomic mass is 10.1. The van der Waals surface area contributed by atoms with Crippen LogP contribution < -0.4 is 5.73 Å². The molecule has 2 N–H and O–H groups in total. The average molecular weight is 209 g/mol. The van der Waals surface area contributed by atoms with Crippen LogP contribution in [0.15, 0.2) is 29.7 Å². The lowest BCUT2D eigenvalue weighted by Crippen LogP contribution is -2.30. The van der Waals surface area contributed by atoms with Crippen molar-refractivity contribution in [1.82, 2.24) is 4.90 Å². The third-order valence-electron chi connectivity index (χ3n) is 2.26. The maximum atomic E-state index is 5.78. The van der Waals surface area contributed by atoms with Gasteiger partial charge in [0.25, 0.3) is 0 Å². The topological polar surface area (TPSA) is 41.6 Å². The molecule has 3 nitrogen and oxygen atoms in total. The van der Waals surface area contributed by atoms with E-state index in [1.807, 2.05) is 13.8 Å². The molecule has 15 heavy (non-hydrogen) atoms. The van der Waals surface area contributed by atoms with E-state index in [0.29, 0.717) is 0 Å². The van der Waals surface area contributed by atoms with Crippen LogP contribution in [-0.2, 0) is 0 Å². The summed E-state index contributed by atoms with van der Waals surface area (Å²) in [6.45, 7) is 12.0. The number of aliphatic imine (C=N–C) groups is 1. The van der Waals surface area contributed by atoms with Crippen molar-refractivity contribution in [2.45, 2.75) is 33.1 Å². The first kappa shape index (κ1) is 13.8. The van der Waals surface area contributed by atoms with Crippen molar-refractivity contribution in [1.29, 1.82) is 0 Å². The van der Waals surface area contributed by atoms with Crippen molar-refractivity contribution in [2.75, 3.05) is 13.1 Å². The van der Waals surface area contributed by atoms with Gasteiger partial charge in [-0.25, -0.2) is 4.99 Å². The Hall–Kier alpha value is -1.25. The highest BCUT2D eigenvalue weighted by molar-refractivity contribution is 5.55. The molecule has 1 heterocycles. The molecule has 0 radical (unpaired) electrons. The highest BCUT2D eigenvalue weighted by Gasteiger charge is 2.13. The molecule has 1 aliphatic heterocycles. The van der Waals surface area contributed by atoms with Gasteiger partial charge in [0.2, 0.25) is 0 Å². The largest absolute Gasteiger partial charge is 0.399 e. The van der Waals surface area contributed by atoms with E-state index in [9.17, 15) is 0 Å². The summed E-state index contributed by atoms with van der Waals surface area (Å²) in [6.07, 6.45) is 5.66. The molecular weight excluding hydrogens is 186 g/mol. The van der Waals surface area contributed by atoms with E-state index in [1.54, 1.807) is 6.21 Å². The minimum absolute atomic E-state index is 0.819. The normalized spacial score (nSPS) is 18.1. The number of nitrogens with zero attached hydrogens (tertiary/aromatic N) is 2. The first-order chi connectivity index (χ1) is 7.25. The summed E-state index contributed by atoms with van der Waals surface area (Å²) >= 11 is 0. The molecule has 0 atom stereocenters. The van der Waals surface area contributed by atoms with E-state index < -0.39 is 0 Å². The van der Waals surface area contributed by atoms with Crippen LogP contribution in [-0.4, -0.2) is 24.2 Å². The maximum Gasteiger partial charge on any atom is 0.146 e. The number of hydrogen-bond acceptors (Lipinski definition) is 3. The quantitative estimate of drug-likeness (QED) is 0.561. The van der Waals surface area contributed by atoms with Gasteiger partial charge in [0.05, 0.1) is 0 Å². The molecule has 0 aliphatic carbocycles. The van der Waals surface area contributed by atoms with Crippen molar-refractivity contribution in [3.05, 3.63) is 24.7 Å². The van der Waals surface area contributed by atoms with Crippen LogP contribution in [0.3, 0.4) is 0 Å². The summed E-state index contributed by atoms with van der Waals surface area (Å²) < 4.78 is 0. The Morgan fingerprint density at radius 1 is 1.27 bits per heavy atom. The van der Waals surface area contributed by atoms with Crippen molar-refractivity contribution in [3.63, 3.8) is 0 Å². The van der Waals surface area contributed by atoms with E-state index in [4.69, 9.17) is 5.73 Å². The first-order valence-electron chi connectivity index (χ1n) is 5.45. The van der Waals surface area contributed by atoms with Crippen molar-refractivity contribution < 1.29 is 0 Å². The minimum atomic E-state index is 0.819. The SMILES string of the molecule is C/C=N\C(=C(/C)N)N1CCCCC1.C=C. The fourth-order valence-corrected chi connectivity index (χ4v) is 1.66. The van der Waals surface area contributed by atoms with Crippen LogP contribution in [0, 0.1) is 0 Å². The number of hydrogen-bond donors (Lipinski definition) is 1. The van der Waals surface area contributed by atoms with Crippen LogP contribution in [0.25, 0.3) is 0 Å². The third-order valence-corrected chi connectivity index (χ3v) is 2.26. The zero-order valence-electron chi connectivity index (χ0n) is 10.00. The Balaban J connectivity index is 0.000000921. The van der Waals surface area contributed by atoms with Crippen molar-refractivity contribution in [3.8, 4) is 0 Å². The summed E-state index contributed by atoms with van der Waals surface area (Å²) in [5, 5.41) is 0.